The number of aldehydes is 1. The third kappa shape index (κ3) is 2.40. The van der Waals surface area contributed by atoms with Crippen molar-refractivity contribution < 1.29 is 4.79 Å². The van der Waals surface area contributed by atoms with E-state index in [0.717, 1.165) is 22.6 Å². The summed E-state index contributed by atoms with van der Waals surface area (Å²) in [6, 6.07) is 0. The summed E-state index contributed by atoms with van der Waals surface area (Å²) < 4.78 is 0. The smallest absolute Gasteiger partial charge is 0.312 e. The van der Waals surface area contributed by atoms with E-state index >= 15 is 0 Å². The second-order valence-corrected chi connectivity index (χ2v) is 4.01. The highest BCUT2D eigenvalue weighted by Gasteiger charge is 2.04. The number of aromatic nitrogens is 3. The van der Waals surface area contributed by atoms with Crippen LogP contribution in [0.4, 0.5) is 0 Å². The number of nitrogens with zero attached hydrogens (tertiary/aromatic N) is 2. The minimum Gasteiger partial charge on any atom is -0.312 e. The van der Waals surface area contributed by atoms with Gasteiger partial charge < -0.3 is 9.78 Å². The molecule has 0 bridgehead atoms. The number of thiazole rings is 1. The molecular weight excluding hydrogens is 226 g/mol. The van der Waals surface area contributed by atoms with Gasteiger partial charge in [0.25, 0.3) is 0 Å². The van der Waals surface area contributed by atoms with Gasteiger partial charge in [-0.25, -0.2) is 14.8 Å². The van der Waals surface area contributed by atoms with Crippen molar-refractivity contribution in [2.45, 2.75) is 12.8 Å². The maximum atomic E-state index is 10.8. The quantitative estimate of drug-likeness (QED) is 0.803. The third-order valence-electron chi connectivity index (χ3n) is 1.99. The molecule has 2 aromatic heterocycles. The molecule has 0 radical (unpaired) electrons. The molecule has 1 N–H and O–H groups in total. The first-order valence-electron chi connectivity index (χ1n) is 4.73. The van der Waals surface area contributed by atoms with Crippen LogP contribution in [0.1, 0.15) is 12.1 Å². The monoisotopic (exact) mass is 235 g/mol. The second kappa shape index (κ2) is 4.80. The van der Waals surface area contributed by atoms with Gasteiger partial charge in [0.1, 0.15) is 11.3 Å². The van der Waals surface area contributed by atoms with E-state index in [0.29, 0.717) is 12.8 Å². The van der Waals surface area contributed by atoms with Crippen molar-refractivity contribution in [1.82, 2.24) is 15.0 Å². The van der Waals surface area contributed by atoms with Crippen LogP contribution in [0, 0.1) is 0 Å². The fraction of sp³-hybridized carbons (Fsp3) is 0.200. The maximum absolute atomic E-state index is 10.8. The summed E-state index contributed by atoms with van der Waals surface area (Å²) in [5.41, 5.74) is 1.29. The van der Waals surface area contributed by atoms with Gasteiger partial charge in [0.2, 0.25) is 0 Å². The largest absolute Gasteiger partial charge is 0.344 e. The van der Waals surface area contributed by atoms with Crippen LogP contribution in [0.2, 0.25) is 0 Å². The predicted molar refractivity (Wildman–Crippen MR) is 60.4 cm³/mol. The molecule has 0 aliphatic heterocycles. The van der Waals surface area contributed by atoms with Crippen LogP contribution >= 0.6 is 11.3 Å². The van der Waals surface area contributed by atoms with Crippen LogP contribution < -0.4 is 5.69 Å². The zero-order chi connectivity index (χ0) is 11.4. The Kier molecular flexibility index (Phi) is 3.21. The van der Waals surface area contributed by atoms with Crippen molar-refractivity contribution in [2.24, 2.45) is 0 Å². The molecule has 2 rings (SSSR count). The van der Waals surface area contributed by atoms with E-state index in [1.54, 1.807) is 6.20 Å². The average molecular weight is 235 g/mol. The molecular formula is C10H9N3O2S. The molecule has 0 amide bonds. The minimum absolute atomic E-state index is 0.374. The van der Waals surface area contributed by atoms with Gasteiger partial charge in [-0.1, -0.05) is 0 Å². The Bertz CT molecular complexity index is 526. The molecule has 0 aromatic carbocycles. The van der Waals surface area contributed by atoms with E-state index in [2.05, 4.69) is 15.0 Å². The maximum Gasteiger partial charge on any atom is 0.344 e. The highest BCUT2D eigenvalue weighted by atomic mass is 32.1. The molecule has 0 aliphatic rings. The van der Waals surface area contributed by atoms with Gasteiger partial charge in [-0.3, -0.25) is 0 Å². The van der Waals surface area contributed by atoms with Gasteiger partial charge in [0, 0.05) is 29.8 Å². The average Bonchev–Trinajstić information content (AvgIpc) is 2.76. The first-order chi connectivity index (χ1) is 7.79. The molecule has 0 atom stereocenters. The number of carbonyl (C=O) groups excluding carboxylic acids is 1. The Hall–Kier alpha value is -1.82. The van der Waals surface area contributed by atoms with E-state index in [-0.39, 0.29) is 5.69 Å². The predicted octanol–water partition coefficient (Wildman–Crippen LogP) is 1.02. The molecule has 0 unspecified atom stereocenters. The van der Waals surface area contributed by atoms with Gasteiger partial charge >= 0.3 is 5.69 Å². The lowest BCUT2D eigenvalue weighted by atomic mass is 10.3. The van der Waals surface area contributed by atoms with Gasteiger partial charge in [-0.15, -0.1) is 11.3 Å². The van der Waals surface area contributed by atoms with Crippen LogP contribution in [0.3, 0.4) is 0 Å². The lowest BCUT2D eigenvalue weighted by Crippen LogP contribution is -2.07. The summed E-state index contributed by atoms with van der Waals surface area (Å²) in [7, 11) is 0. The van der Waals surface area contributed by atoms with Crippen LogP contribution in [-0.2, 0) is 11.2 Å². The lowest BCUT2D eigenvalue weighted by Gasteiger charge is -1.93. The molecule has 0 spiro atoms. The van der Waals surface area contributed by atoms with E-state index in [4.69, 9.17) is 0 Å². The normalized spacial score (nSPS) is 10.2. The van der Waals surface area contributed by atoms with E-state index < -0.39 is 0 Å². The van der Waals surface area contributed by atoms with Crippen molar-refractivity contribution in [3.05, 3.63) is 34.0 Å². The summed E-state index contributed by atoms with van der Waals surface area (Å²) in [6.07, 6.45) is 5.07. The molecule has 6 heteroatoms. The molecule has 2 heterocycles. The lowest BCUT2D eigenvalue weighted by molar-refractivity contribution is -0.107. The first-order valence-corrected chi connectivity index (χ1v) is 5.60. The number of aromatic amines is 1. The number of hydrogen-bond acceptors (Lipinski definition) is 5. The van der Waals surface area contributed by atoms with Crippen molar-refractivity contribution in [3.63, 3.8) is 0 Å². The molecule has 0 saturated heterocycles. The SMILES string of the molecule is O=CCCc1csc(-c2cnc(=O)[nH]c2)n1. The summed E-state index contributed by atoms with van der Waals surface area (Å²) >= 11 is 1.47. The van der Waals surface area contributed by atoms with Crippen molar-refractivity contribution in [1.29, 1.82) is 0 Å². The molecule has 0 saturated carbocycles. The van der Waals surface area contributed by atoms with Crippen molar-refractivity contribution >= 4 is 17.6 Å². The van der Waals surface area contributed by atoms with Crippen LogP contribution in [0.25, 0.3) is 10.6 Å². The number of rotatable bonds is 4. The zero-order valence-corrected chi connectivity index (χ0v) is 9.16. The fourth-order valence-corrected chi connectivity index (χ4v) is 2.06. The van der Waals surface area contributed by atoms with E-state index in [9.17, 15) is 9.59 Å². The zero-order valence-electron chi connectivity index (χ0n) is 8.34. The van der Waals surface area contributed by atoms with Crippen molar-refractivity contribution in [3.8, 4) is 10.6 Å². The van der Waals surface area contributed by atoms with Gasteiger partial charge in [-0.05, 0) is 6.42 Å². The number of carbonyl (C=O) groups is 1. The molecule has 0 aliphatic carbocycles. The number of aryl methyl sites for hydroxylation is 1. The van der Waals surface area contributed by atoms with Crippen LogP contribution in [-0.4, -0.2) is 21.2 Å². The van der Waals surface area contributed by atoms with E-state index in [1.165, 1.54) is 17.5 Å². The molecule has 82 valence electrons. The summed E-state index contributed by atoms with van der Waals surface area (Å²) in [5, 5.41) is 2.70. The minimum atomic E-state index is -0.374. The molecule has 16 heavy (non-hydrogen) atoms. The Labute approximate surface area is 95.2 Å². The molecule has 0 fully saturated rings. The second-order valence-electron chi connectivity index (χ2n) is 3.16. The summed E-state index contributed by atoms with van der Waals surface area (Å²) in [5.74, 6) is 0. The topological polar surface area (TPSA) is 75.7 Å². The standard InChI is InChI=1S/C10H9N3O2S/c14-3-1-2-8-6-16-9(13-8)7-4-11-10(15)12-5-7/h3-6H,1-2H2,(H,11,12,15). The number of nitrogens with one attached hydrogen (secondary N) is 1. The summed E-state index contributed by atoms with van der Waals surface area (Å²) in [4.78, 5) is 31.5. The Morgan fingerprint density at radius 3 is 3.06 bits per heavy atom. The highest BCUT2D eigenvalue weighted by Crippen LogP contribution is 2.21. The van der Waals surface area contributed by atoms with Crippen LogP contribution in [0.15, 0.2) is 22.6 Å². The van der Waals surface area contributed by atoms with Gasteiger partial charge in [0.05, 0.1) is 5.69 Å². The third-order valence-corrected chi connectivity index (χ3v) is 2.93. The van der Waals surface area contributed by atoms with Gasteiger partial charge in [-0.2, -0.15) is 0 Å². The van der Waals surface area contributed by atoms with Gasteiger partial charge in [0.15, 0.2) is 0 Å². The van der Waals surface area contributed by atoms with Crippen LogP contribution in [0.5, 0.6) is 0 Å². The van der Waals surface area contributed by atoms with Crippen molar-refractivity contribution in [2.75, 3.05) is 0 Å². The highest BCUT2D eigenvalue weighted by molar-refractivity contribution is 7.13. The first kappa shape index (κ1) is 10.7. The fourth-order valence-electron chi connectivity index (χ4n) is 1.22. The van der Waals surface area contributed by atoms with E-state index in [1.807, 2.05) is 5.38 Å². The Morgan fingerprint density at radius 2 is 2.38 bits per heavy atom. The summed E-state index contributed by atoms with van der Waals surface area (Å²) in [6.45, 7) is 0. The number of hydrogen-bond donors (Lipinski definition) is 1. The Balaban J connectivity index is 2.21. The number of H-pyrrole nitrogens is 1. The molecule has 2 aromatic rings. The Morgan fingerprint density at radius 1 is 1.50 bits per heavy atom. The molecule has 5 nitrogen and oxygen atoms in total.